The zero-order valence-electron chi connectivity index (χ0n) is 24.8. The predicted molar refractivity (Wildman–Crippen MR) is 181 cm³/mol. The molecule has 3 heteroatoms. The first kappa shape index (κ1) is 27.7. The summed E-state index contributed by atoms with van der Waals surface area (Å²) in [6.45, 7) is 3.18. The van der Waals surface area contributed by atoms with E-state index in [1.165, 1.54) is 22.3 Å². The molecule has 216 valence electrons. The standard InChI is InChI=1S/C41H36N2O/c44-41-38-24-22-35(42(27-31-13-5-1-6-14-31)28-32-15-7-2-8-16-32)25-39(38)37-23-21-36(26-40(37)41)43(29-33-17-9-3-10-18-33)30-34-19-11-4-12-20-34/h1-26,41,44H,27-30H2. The van der Waals surface area contributed by atoms with Crippen LogP contribution in [0, 0.1) is 0 Å². The van der Waals surface area contributed by atoms with Gasteiger partial charge in [0.05, 0.1) is 0 Å². The van der Waals surface area contributed by atoms with Crippen LogP contribution in [0.25, 0.3) is 11.1 Å². The van der Waals surface area contributed by atoms with Gasteiger partial charge in [-0.3, -0.25) is 0 Å². The Hall–Kier alpha value is -5.12. The van der Waals surface area contributed by atoms with Gasteiger partial charge in [-0.15, -0.1) is 0 Å². The van der Waals surface area contributed by atoms with E-state index < -0.39 is 6.10 Å². The van der Waals surface area contributed by atoms with E-state index >= 15 is 0 Å². The fourth-order valence-corrected chi connectivity index (χ4v) is 6.29. The molecule has 1 aliphatic rings. The average Bonchev–Trinajstić information content (AvgIpc) is 3.36. The van der Waals surface area contributed by atoms with Crippen LogP contribution in [0.5, 0.6) is 0 Å². The number of aliphatic hydroxyl groups excluding tert-OH is 1. The van der Waals surface area contributed by atoms with Crippen LogP contribution in [0.4, 0.5) is 11.4 Å². The number of fused-ring (bicyclic) bond motifs is 3. The van der Waals surface area contributed by atoms with Crippen LogP contribution >= 0.6 is 0 Å². The lowest BCUT2D eigenvalue weighted by Crippen LogP contribution is -2.22. The zero-order chi connectivity index (χ0) is 29.7. The molecular weight excluding hydrogens is 536 g/mol. The van der Waals surface area contributed by atoms with E-state index in [4.69, 9.17) is 0 Å². The molecular formula is C41H36N2O. The quantitative estimate of drug-likeness (QED) is 0.177. The summed E-state index contributed by atoms with van der Waals surface area (Å²) >= 11 is 0. The van der Waals surface area contributed by atoms with E-state index in [2.05, 4.69) is 168 Å². The van der Waals surface area contributed by atoms with Gasteiger partial charge in [0, 0.05) is 37.6 Å². The fourth-order valence-electron chi connectivity index (χ4n) is 6.29. The van der Waals surface area contributed by atoms with Crippen molar-refractivity contribution in [1.82, 2.24) is 0 Å². The Kier molecular flexibility index (Phi) is 7.95. The highest BCUT2D eigenvalue weighted by molar-refractivity contribution is 5.82. The highest BCUT2D eigenvalue weighted by atomic mass is 16.3. The molecule has 1 aliphatic carbocycles. The fraction of sp³-hybridized carbons (Fsp3) is 0.122. The van der Waals surface area contributed by atoms with Crippen LogP contribution in [-0.2, 0) is 26.2 Å². The molecule has 0 saturated carbocycles. The Morgan fingerprint density at radius 1 is 0.386 bits per heavy atom. The molecule has 0 bridgehead atoms. The number of rotatable bonds is 10. The van der Waals surface area contributed by atoms with Crippen molar-refractivity contribution in [1.29, 1.82) is 0 Å². The summed E-state index contributed by atoms with van der Waals surface area (Å²) in [4.78, 5) is 4.82. The molecule has 0 radical (unpaired) electrons. The second kappa shape index (κ2) is 12.6. The van der Waals surface area contributed by atoms with Crippen molar-refractivity contribution < 1.29 is 5.11 Å². The summed E-state index contributed by atoms with van der Waals surface area (Å²) in [6.07, 6.45) is -0.652. The Bertz CT molecular complexity index is 1740. The predicted octanol–water partition coefficient (Wildman–Crippen LogP) is 9.16. The molecule has 0 aliphatic heterocycles. The molecule has 3 nitrogen and oxygen atoms in total. The van der Waals surface area contributed by atoms with Gasteiger partial charge in [0.25, 0.3) is 0 Å². The number of aliphatic hydroxyl groups is 1. The Morgan fingerprint density at radius 2 is 0.773 bits per heavy atom. The molecule has 6 aromatic rings. The van der Waals surface area contributed by atoms with Crippen molar-refractivity contribution in [3.63, 3.8) is 0 Å². The summed E-state index contributed by atoms with van der Waals surface area (Å²) in [6, 6.07) is 55.6. The molecule has 0 aromatic heterocycles. The van der Waals surface area contributed by atoms with E-state index in [1.54, 1.807) is 0 Å². The van der Waals surface area contributed by atoms with Crippen LogP contribution in [0.2, 0.25) is 0 Å². The lowest BCUT2D eigenvalue weighted by Gasteiger charge is -2.26. The van der Waals surface area contributed by atoms with Crippen LogP contribution in [-0.4, -0.2) is 5.11 Å². The zero-order valence-corrected chi connectivity index (χ0v) is 24.8. The second-order valence-electron chi connectivity index (χ2n) is 11.6. The van der Waals surface area contributed by atoms with Crippen LogP contribution < -0.4 is 9.80 Å². The van der Waals surface area contributed by atoms with Crippen molar-refractivity contribution in [3.05, 3.63) is 191 Å². The van der Waals surface area contributed by atoms with Crippen molar-refractivity contribution in [2.45, 2.75) is 32.3 Å². The van der Waals surface area contributed by atoms with E-state index in [9.17, 15) is 5.11 Å². The first-order valence-corrected chi connectivity index (χ1v) is 15.3. The third-order valence-corrected chi connectivity index (χ3v) is 8.55. The normalized spacial score (nSPS) is 13.2. The molecule has 0 saturated heterocycles. The van der Waals surface area contributed by atoms with Gasteiger partial charge in [-0.1, -0.05) is 133 Å². The van der Waals surface area contributed by atoms with Crippen molar-refractivity contribution in [2.24, 2.45) is 0 Å². The maximum absolute atomic E-state index is 11.6. The maximum Gasteiger partial charge on any atom is 0.105 e. The average molecular weight is 573 g/mol. The first-order valence-electron chi connectivity index (χ1n) is 15.3. The van der Waals surface area contributed by atoms with Gasteiger partial charge in [0.1, 0.15) is 6.10 Å². The molecule has 0 heterocycles. The molecule has 1 atom stereocenters. The topological polar surface area (TPSA) is 26.7 Å². The summed E-state index contributed by atoms with van der Waals surface area (Å²) in [5.41, 5.74) is 11.5. The Morgan fingerprint density at radius 3 is 1.20 bits per heavy atom. The van der Waals surface area contributed by atoms with Gasteiger partial charge in [0.15, 0.2) is 0 Å². The Labute approximate surface area is 260 Å². The molecule has 6 aromatic carbocycles. The van der Waals surface area contributed by atoms with Crippen LogP contribution in [0.15, 0.2) is 158 Å². The highest BCUT2D eigenvalue weighted by Gasteiger charge is 2.29. The maximum atomic E-state index is 11.6. The molecule has 1 N–H and O–H groups in total. The largest absolute Gasteiger partial charge is 0.384 e. The van der Waals surface area contributed by atoms with Crippen LogP contribution in [0.1, 0.15) is 39.5 Å². The molecule has 0 amide bonds. The van der Waals surface area contributed by atoms with E-state index in [1.807, 2.05) is 0 Å². The lowest BCUT2D eigenvalue weighted by atomic mass is 10.0. The molecule has 1 unspecified atom stereocenters. The minimum Gasteiger partial charge on any atom is -0.384 e. The van der Waals surface area contributed by atoms with Gasteiger partial charge in [-0.2, -0.15) is 0 Å². The number of anilines is 2. The number of hydrogen-bond donors (Lipinski definition) is 1. The highest BCUT2D eigenvalue weighted by Crippen LogP contribution is 2.46. The number of benzene rings is 6. The number of hydrogen-bond acceptors (Lipinski definition) is 3. The van der Waals surface area contributed by atoms with E-state index in [-0.39, 0.29) is 0 Å². The second-order valence-corrected chi connectivity index (χ2v) is 11.6. The van der Waals surface area contributed by atoms with Crippen molar-refractivity contribution in [2.75, 3.05) is 9.80 Å². The van der Waals surface area contributed by atoms with E-state index in [0.29, 0.717) is 0 Å². The SMILES string of the molecule is OC1c2ccc(N(Cc3ccccc3)Cc3ccccc3)cc2-c2ccc(N(Cc3ccccc3)Cc3ccccc3)cc21. The minimum absolute atomic E-state index is 0.652. The van der Waals surface area contributed by atoms with Gasteiger partial charge in [-0.25, -0.2) is 0 Å². The molecule has 7 rings (SSSR count). The summed E-state index contributed by atoms with van der Waals surface area (Å²) < 4.78 is 0. The summed E-state index contributed by atoms with van der Waals surface area (Å²) in [5.74, 6) is 0. The Balaban J connectivity index is 1.22. The molecule has 44 heavy (non-hydrogen) atoms. The van der Waals surface area contributed by atoms with Gasteiger partial charge >= 0.3 is 0 Å². The van der Waals surface area contributed by atoms with Gasteiger partial charge < -0.3 is 14.9 Å². The summed E-state index contributed by atoms with van der Waals surface area (Å²) in [7, 11) is 0. The van der Waals surface area contributed by atoms with Crippen LogP contribution in [0.3, 0.4) is 0 Å². The third-order valence-electron chi connectivity index (χ3n) is 8.55. The van der Waals surface area contributed by atoms with E-state index in [0.717, 1.165) is 59.8 Å². The third kappa shape index (κ3) is 6.01. The van der Waals surface area contributed by atoms with Gasteiger partial charge in [0.2, 0.25) is 0 Å². The van der Waals surface area contributed by atoms with Crippen molar-refractivity contribution >= 4 is 11.4 Å². The first-order chi connectivity index (χ1) is 21.7. The summed E-state index contributed by atoms with van der Waals surface area (Å²) in [5, 5.41) is 11.6. The smallest absolute Gasteiger partial charge is 0.105 e. The molecule has 0 fully saturated rings. The lowest BCUT2D eigenvalue weighted by molar-refractivity contribution is 0.225. The van der Waals surface area contributed by atoms with Gasteiger partial charge in [-0.05, 0) is 68.8 Å². The monoisotopic (exact) mass is 572 g/mol. The molecule has 0 spiro atoms. The number of nitrogens with zero attached hydrogens (tertiary/aromatic N) is 2. The van der Waals surface area contributed by atoms with Crippen molar-refractivity contribution in [3.8, 4) is 11.1 Å². The minimum atomic E-state index is -0.652.